The summed E-state index contributed by atoms with van der Waals surface area (Å²) in [6, 6.07) is 21.9. The first-order chi connectivity index (χ1) is 16.5. The van der Waals surface area contributed by atoms with E-state index in [1.807, 2.05) is 24.3 Å². The second-order valence-corrected chi connectivity index (χ2v) is 10.4. The Balaban J connectivity index is 1.68. The van der Waals surface area contributed by atoms with Gasteiger partial charge < -0.3 is 14.2 Å². The van der Waals surface area contributed by atoms with Gasteiger partial charge in [-0.1, -0.05) is 67.9 Å². The zero-order valence-electron chi connectivity index (χ0n) is 20.4. The van der Waals surface area contributed by atoms with E-state index in [0.717, 1.165) is 5.56 Å². The highest BCUT2D eigenvalue weighted by atomic mass is 32.2. The van der Waals surface area contributed by atoms with E-state index < -0.39 is 22.1 Å². The van der Waals surface area contributed by atoms with Gasteiger partial charge >= 0.3 is 5.97 Å². The molecule has 0 fully saturated rings. The van der Waals surface area contributed by atoms with Crippen LogP contribution in [0.4, 0.5) is 0 Å². The normalized spacial score (nSPS) is 12.7. The van der Waals surface area contributed by atoms with Gasteiger partial charge in [0.25, 0.3) is 0 Å². The molecule has 0 bridgehead atoms. The number of esters is 1. The lowest BCUT2D eigenvalue weighted by Crippen LogP contribution is -2.30. The van der Waals surface area contributed by atoms with Gasteiger partial charge in [-0.05, 0) is 42.3 Å². The van der Waals surface area contributed by atoms with Crippen LogP contribution >= 0.6 is 0 Å². The molecule has 1 unspecified atom stereocenters. The molecule has 0 heterocycles. The van der Waals surface area contributed by atoms with Gasteiger partial charge in [-0.2, -0.15) is 0 Å². The molecule has 0 saturated heterocycles. The number of hydrogen-bond acceptors (Lipinski definition) is 6. The predicted octanol–water partition coefficient (Wildman–Crippen LogP) is 4.22. The third-order valence-corrected chi connectivity index (χ3v) is 6.79. The number of carbonyl (C=O) groups is 1. The lowest BCUT2D eigenvalue weighted by atomic mass is 9.78. The highest BCUT2D eigenvalue weighted by molar-refractivity contribution is 7.89. The summed E-state index contributed by atoms with van der Waals surface area (Å²) < 4.78 is 40.1. The van der Waals surface area contributed by atoms with Gasteiger partial charge in [-0.3, -0.25) is 0 Å². The fourth-order valence-electron chi connectivity index (χ4n) is 3.69. The summed E-state index contributed by atoms with van der Waals surface area (Å²) in [4.78, 5) is 12.4. The van der Waals surface area contributed by atoms with Crippen LogP contribution in [-0.2, 0) is 24.9 Å². The number of hydrogen-bond donors (Lipinski definition) is 1. The average Bonchev–Trinajstić information content (AvgIpc) is 2.82. The Morgan fingerprint density at radius 1 is 0.914 bits per heavy atom. The van der Waals surface area contributed by atoms with Gasteiger partial charge in [-0.15, -0.1) is 0 Å². The van der Waals surface area contributed by atoms with E-state index >= 15 is 0 Å². The molecule has 3 aromatic rings. The maximum absolute atomic E-state index is 12.7. The number of ether oxygens (including phenoxy) is 3. The minimum atomic E-state index is -4.08. The smallest absolute Gasteiger partial charge is 0.339 e. The second kappa shape index (κ2) is 11.0. The van der Waals surface area contributed by atoms with Crippen LogP contribution < -0.4 is 9.88 Å². The quantitative estimate of drug-likeness (QED) is 0.421. The van der Waals surface area contributed by atoms with Crippen LogP contribution in [0, 0.1) is 6.92 Å². The fraction of sp³-hybridized carbons (Fsp3) is 0.296. The third-order valence-electron chi connectivity index (χ3n) is 5.82. The van der Waals surface area contributed by atoms with Crippen LogP contribution in [0.2, 0.25) is 0 Å². The Kier molecular flexibility index (Phi) is 8.32. The largest absolute Gasteiger partial charge is 0.490 e. The molecule has 186 valence electrons. The number of rotatable bonds is 10. The average molecular weight is 498 g/mol. The summed E-state index contributed by atoms with van der Waals surface area (Å²) >= 11 is 0. The maximum atomic E-state index is 12.7. The zero-order chi connectivity index (χ0) is 25.6. The van der Waals surface area contributed by atoms with Gasteiger partial charge in [-0.25, -0.2) is 18.4 Å². The Labute approximate surface area is 206 Å². The molecule has 2 N–H and O–H groups in total. The Morgan fingerprint density at radius 3 is 2.06 bits per heavy atom. The van der Waals surface area contributed by atoms with Crippen LogP contribution in [0.15, 0.2) is 77.7 Å². The third kappa shape index (κ3) is 6.69. The van der Waals surface area contributed by atoms with Crippen molar-refractivity contribution in [2.45, 2.75) is 37.2 Å². The van der Waals surface area contributed by atoms with Crippen molar-refractivity contribution >= 4 is 16.0 Å². The van der Waals surface area contributed by atoms with E-state index in [1.54, 1.807) is 0 Å². The van der Waals surface area contributed by atoms with Gasteiger partial charge in [0.15, 0.2) is 6.10 Å². The molecule has 0 aromatic heterocycles. The number of carbonyl (C=O) groups excluding carboxylic acids is 1. The highest BCUT2D eigenvalue weighted by Crippen LogP contribution is 2.32. The van der Waals surface area contributed by atoms with E-state index in [4.69, 9.17) is 19.3 Å². The molecule has 8 heteroatoms. The predicted molar refractivity (Wildman–Crippen MR) is 134 cm³/mol. The van der Waals surface area contributed by atoms with E-state index in [9.17, 15) is 13.2 Å². The molecule has 0 aliphatic heterocycles. The number of primary sulfonamides is 1. The van der Waals surface area contributed by atoms with Crippen molar-refractivity contribution in [2.24, 2.45) is 5.14 Å². The van der Waals surface area contributed by atoms with Crippen molar-refractivity contribution in [1.82, 2.24) is 0 Å². The van der Waals surface area contributed by atoms with Gasteiger partial charge in [0.1, 0.15) is 12.4 Å². The first-order valence-electron chi connectivity index (χ1n) is 11.1. The van der Waals surface area contributed by atoms with Gasteiger partial charge in [0.2, 0.25) is 10.0 Å². The summed E-state index contributed by atoms with van der Waals surface area (Å²) in [5.74, 6) is -0.217. The van der Waals surface area contributed by atoms with Gasteiger partial charge in [0, 0.05) is 12.5 Å². The molecule has 1 atom stereocenters. The molecule has 0 radical (unpaired) electrons. The molecular formula is C27H31NO6S. The first kappa shape index (κ1) is 26.4. The summed E-state index contributed by atoms with van der Waals surface area (Å²) in [7, 11) is -2.61. The van der Waals surface area contributed by atoms with Crippen LogP contribution in [0.3, 0.4) is 0 Å². The Hall–Kier alpha value is -3.20. The molecule has 0 saturated carbocycles. The number of sulfonamides is 1. The number of methoxy groups -OCH3 is 1. The molecule has 0 spiro atoms. The topological polar surface area (TPSA) is 105 Å². The molecule has 3 aromatic carbocycles. The summed E-state index contributed by atoms with van der Waals surface area (Å²) in [5.41, 5.74) is 3.24. The summed E-state index contributed by atoms with van der Waals surface area (Å²) in [5, 5.41) is 5.22. The molecule has 35 heavy (non-hydrogen) atoms. The molecule has 3 rings (SSSR count). The van der Waals surface area contributed by atoms with E-state index in [1.165, 1.54) is 42.5 Å². The molecule has 7 nitrogen and oxygen atoms in total. The van der Waals surface area contributed by atoms with Crippen molar-refractivity contribution in [3.63, 3.8) is 0 Å². The van der Waals surface area contributed by atoms with E-state index in [-0.39, 0.29) is 29.1 Å². The molecule has 0 aliphatic carbocycles. The van der Waals surface area contributed by atoms with Crippen LogP contribution in [0.5, 0.6) is 5.75 Å². The second-order valence-electron chi connectivity index (χ2n) is 8.85. The number of benzene rings is 3. The molecular weight excluding hydrogens is 466 g/mol. The lowest BCUT2D eigenvalue weighted by Gasteiger charge is -2.26. The highest BCUT2D eigenvalue weighted by Gasteiger charge is 2.25. The van der Waals surface area contributed by atoms with Crippen molar-refractivity contribution in [2.75, 3.05) is 20.3 Å². The lowest BCUT2D eigenvalue weighted by molar-refractivity contribution is -0.0103. The van der Waals surface area contributed by atoms with Crippen molar-refractivity contribution in [1.29, 1.82) is 0 Å². The van der Waals surface area contributed by atoms with Crippen LogP contribution in [0.1, 0.15) is 40.9 Å². The van der Waals surface area contributed by atoms with Gasteiger partial charge in [0.05, 0.1) is 17.1 Å². The summed E-state index contributed by atoms with van der Waals surface area (Å²) in [6.07, 6.45) is -0.760. The minimum Gasteiger partial charge on any atom is -0.490 e. The standard InChI is InChI=1S/C27H31NO6S/c1-19-9-11-20(12-10-19)27(2,3)21-13-15-22(16-14-21)33-18-23(17-32-4)34-26(29)24-7-5-6-8-25(24)35(28,30)31/h5-16,23H,17-18H2,1-4H3,(H2,28,30,31). The zero-order valence-corrected chi connectivity index (χ0v) is 21.2. The van der Waals surface area contributed by atoms with E-state index in [0.29, 0.717) is 5.75 Å². The Morgan fingerprint density at radius 2 is 1.49 bits per heavy atom. The van der Waals surface area contributed by atoms with E-state index in [2.05, 4.69) is 45.0 Å². The summed E-state index contributed by atoms with van der Waals surface area (Å²) in [6.45, 7) is 6.50. The first-order valence-corrected chi connectivity index (χ1v) is 12.7. The van der Waals surface area contributed by atoms with Crippen LogP contribution in [-0.4, -0.2) is 40.8 Å². The van der Waals surface area contributed by atoms with Crippen molar-refractivity contribution < 1.29 is 27.4 Å². The van der Waals surface area contributed by atoms with Crippen molar-refractivity contribution in [3.05, 3.63) is 95.1 Å². The Bertz CT molecular complexity index is 1250. The number of nitrogens with two attached hydrogens (primary N) is 1. The monoisotopic (exact) mass is 497 g/mol. The van der Waals surface area contributed by atoms with Crippen molar-refractivity contribution in [3.8, 4) is 5.75 Å². The molecule has 0 aliphatic rings. The molecule has 0 amide bonds. The van der Waals surface area contributed by atoms with Crippen LogP contribution in [0.25, 0.3) is 0 Å². The maximum Gasteiger partial charge on any atom is 0.339 e. The minimum absolute atomic E-state index is 0.0256. The SMILES string of the molecule is COCC(COc1ccc(C(C)(C)c2ccc(C)cc2)cc1)OC(=O)c1ccccc1S(N)(=O)=O. The number of aryl methyl sites for hydroxylation is 1. The fourth-order valence-corrected chi connectivity index (χ4v) is 4.42.